The highest BCUT2D eigenvalue weighted by Gasteiger charge is 2.11. The zero-order valence-electron chi connectivity index (χ0n) is 14.2. The molecule has 25 heavy (non-hydrogen) atoms. The third-order valence-corrected chi connectivity index (χ3v) is 4.09. The van der Waals surface area contributed by atoms with Crippen LogP contribution in [0.3, 0.4) is 0 Å². The van der Waals surface area contributed by atoms with E-state index in [0.717, 1.165) is 41.6 Å². The molecule has 0 fully saturated rings. The number of hydrogen-bond donors (Lipinski definition) is 2. The number of guanidine groups is 1. The van der Waals surface area contributed by atoms with Crippen molar-refractivity contribution in [3.63, 3.8) is 0 Å². The van der Waals surface area contributed by atoms with Gasteiger partial charge in [0, 0.05) is 29.4 Å². The van der Waals surface area contributed by atoms with Crippen molar-refractivity contribution in [3.8, 4) is 5.69 Å². The molecule has 1 aromatic carbocycles. The van der Waals surface area contributed by atoms with Crippen LogP contribution in [-0.2, 0) is 6.54 Å². The molecule has 1 aromatic heterocycles. The van der Waals surface area contributed by atoms with E-state index in [4.69, 9.17) is 11.6 Å². The summed E-state index contributed by atoms with van der Waals surface area (Å²) in [5.74, 6) is 0.852. The Labute approximate surface area is 170 Å². The second-order valence-electron chi connectivity index (χ2n) is 5.75. The Morgan fingerprint density at radius 1 is 1.28 bits per heavy atom. The minimum absolute atomic E-state index is 0. The molecule has 5 nitrogen and oxygen atoms in total. The standard InChI is InChI=1S/C18H22ClN5.HI/c1-2-20-18(23-16-5-3-4-6-16)21-11-14-12-22-24(13-14)17-9-7-15(19)8-10-17;/h3-4,7-10,12-13,16H,2,5-6,11H2,1H3,(H2,20,21,23);1H. The van der Waals surface area contributed by atoms with Crippen molar-refractivity contribution in [2.24, 2.45) is 4.99 Å². The van der Waals surface area contributed by atoms with Crippen molar-refractivity contribution >= 4 is 41.5 Å². The molecule has 1 aliphatic carbocycles. The number of halogens is 2. The highest BCUT2D eigenvalue weighted by molar-refractivity contribution is 14.0. The van der Waals surface area contributed by atoms with Crippen molar-refractivity contribution in [1.82, 2.24) is 20.4 Å². The highest BCUT2D eigenvalue weighted by atomic mass is 127. The fourth-order valence-corrected chi connectivity index (χ4v) is 2.72. The van der Waals surface area contributed by atoms with Crippen LogP contribution in [0.5, 0.6) is 0 Å². The predicted molar refractivity (Wildman–Crippen MR) is 114 cm³/mol. The molecular weight excluding hydrogens is 449 g/mol. The van der Waals surface area contributed by atoms with Gasteiger partial charge in [0.2, 0.25) is 0 Å². The molecule has 0 aliphatic heterocycles. The van der Waals surface area contributed by atoms with Gasteiger partial charge in [-0.1, -0.05) is 23.8 Å². The van der Waals surface area contributed by atoms with Crippen molar-refractivity contribution in [1.29, 1.82) is 0 Å². The Bertz CT molecular complexity index is 715. The first-order valence-electron chi connectivity index (χ1n) is 8.24. The minimum Gasteiger partial charge on any atom is -0.357 e. The van der Waals surface area contributed by atoms with Crippen LogP contribution in [0.4, 0.5) is 0 Å². The van der Waals surface area contributed by atoms with Gasteiger partial charge in [-0.15, -0.1) is 24.0 Å². The van der Waals surface area contributed by atoms with E-state index in [1.54, 1.807) is 0 Å². The van der Waals surface area contributed by atoms with Crippen LogP contribution in [0, 0.1) is 0 Å². The molecule has 0 unspecified atom stereocenters. The Kier molecular flexibility index (Phi) is 7.77. The molecule has 0 saturated heterocycles. The van der Waals surface area contributed by atoms with E-state index in [9.17, 15) is 0 Å². The normalized spacial score (nSPS) is 14.4. The molecule has 3 rings (SSSR count). The molecule has 1 aliphatic rings. The summed E-state index contributed by atoms with van der Waals surface area (Å²) in [7, 11) is 0. The molecule has 0 radical (unpaired) electrons. The summed E-state index contributed by atoms with van der Waals surface area (Å²) in [5.41, 5.74) is 2.04. The van der Waals surface area contributed by atoms with Gasteiger partial charge in [0.1, 0.15) is 0 Å². The summed E-state index contributed by atoms with van der Waals surface area (Å²) in [6, 6.07) is 8.06. The quantitative estimate of drug-likeness (QED) is 0.301. The summed E-state index contributed by atoms with van der Waals surface area (Å²) in [6.45, 7) is 3.50. The van der Waals surface area contributed by atoms with Gasteiger partial charge >= 0.3 is 0 Å². The van der Waals surface area contributed by atoms with Gasteiger partial charge in [0.05, 0.1) is 18.4 Å². The van der Waals surface area contributed by atoms with E-state index in [1.807, 2.05) is 41.3 Å². The van der Waals surface area contributed by atoms with Gasteiger partial charge in [0.15, 0.2) is 5.96 Å². The van der Waals surface area contributed by atoms with Crippen LogP contribution in [0.1, 0.15) is 25.3 Å². The van der Waals surface area contributed by atoms with Crippen LogP contribution in [0.25, 0.3) is 5.69 Å². The van der Waals surface area contributed by atoms with Crippen LogP contribution < -0.4 is 10.6 Å². The molecule has 1 heterocycles. The lowest BCUT2D eigenvalue weighted by Gasteiger charge is -2.16. The summed E-state index contributed by atoms with van der Waals surface area (Å²) in [6.07, 6.45) is 10.4. The zero-order valence-corrected chi connectivity index (χ0v) is 17.2. The zero-order chi connectivity index (χ0) is 16.8. The van der Waals surface area contributed by atoms with Gasteiger partial charge < -0.3 is 10.6 Å². The summed E-state index contributed by atoms with van der Waals surface area (Å²) in [4.78, 5) is 4.66. The van der Waals surface area contributed by atoms with E-state index in [2.05, 4.69) is 39.8 Å². The molecule has 0 spiro atoms. The summed E-state index contributed by atoms with van der Waals surface area (Å²) in [5, 5.41) is 11.9. The molecule has 0 amide bonds. The van der Waals surface area contributed by atoms with E-state index < -0.39 is 0 Å². The van der Waals surface area contributed by atoms with E-state index in [1.165, 1.54) is 0 Å². The van der Waals surface area contributed by atoms with Crippen LogP contribution >= 0.6 is 35.6 Å². The highest BCUT2D eigenvalue weighted by Crippen LogP contribution is 2.14. The lowest BCUT2D eigenvalue weighted by molar-refractivity contribution is 0.633. The Balaban J connectivity index is 0.00000225. The van der Waals surface area contributed by atoms with Crippen molar-refractivity contribution in [2.45, 2.75) is 32.4 Å². The molecule has 7 heteroatoms. The van der Waals surface area contributed by atoms with Gasteiger partial charge in [-0.3, -0.25) is 0 Å². The van der Waals surface area contributed by atoms with Gasteiger partial charge in [-0.2, -0.15) is 5.10 Å². The fourth-order valence-electron chi connectivity index (χ4n) is 2.60. The van der Waals surface area contributed by atoms with E-state index in [-0.39, 0.29) is 24.0 Å². The maximum atomic E-state index is 5.92. The van der Waals surface area contributed by atoms with Gasteiger partial charge in [-0.05, 0) is 44.0 Å². The monoisotopic (exact) mass is 471 g/mol. The molecule has 2 aromatic rings. The fraction of sp³-hybridized carbons (Fsp3) is 0.333. The maximum Gasteiger partial charge on any atom is 0.191 e. The smallest absolute Gasteiger partial charge is 0.191 e. The third kappa shape index (κ3) is 5.74. The molecule has 0 atom stereocenters. The number of hydrogen-bond acceptors (Lipinski definition) is 2. The lowest BCUT2D eigenvalue weighted by atomic mass is 10.2. The second-order valence-corrected chi connectivity index (χ2v) is 6.19. The Morgan fingerprint density at radius 3 is 2.68 bits per heavy atom. The molecule has 0 bridgehead atoms. The number of aliphatic imine (C=N–C) groups is 1. The number of rotatable bonds is 5. The summed E-state index contributed by atoms with van der Waals surface area (Å²) >= 11 is 5.92. The first-order chi connectivity index (χ1) is 11.7. The Morgan fingerprint density at radius 2 is 2.00 bits per heavy atom. The second kappa shape index (κ2) is 9.82. The SMILES string of the molecule is CCNC(=NCc1cnn(-c2ccc(Cl)cc2)c1)NC1CC=CC1.I. The van der Waals surface area contributed by atoms with Gasteiger partial charge in [-0.25, -0.2) is 9.67 Å². The van der Waals surface area contributed by atoms with Crippen LogP contribution in [-0.4, -0.2) is 28.3 Å². The van der Waals surface area contributed by atoms with Crippen LogP contribution in [0.2, 0.25) is 5.02 Å². The molecule has 134 valence electrons. The minimum atomic E-state index is 0. The van der Waals surface area contributed by atoms with Crippen molar-refractivity contribution < 1.29 is 0 Å². The van der Waals surface area contributed by atoms with Crippen LogP contribution in [0.15, 0.2) is 53.8 Å². The molecular formula is C18H23ClIN5. The average molecular weight is 472 g/mol. The number of nitrogens with zero attached hydrogens (tertiary/aromatic N) is 3. The maximum absolute atomic E-state index is 5.92. The average Bonchev–Trinajstić information content (AvgIpc) is 3.25. The first-order valence-corrected chi connectivity index (χ1v) is 8.61. The van der Waals surface area contributed by atoms with Crippen molar-refractivity contribution in [3.05, 3.63) is 59.4 Å². The van der Waals surface area contributed by atoms with E-state index >= 15 is 0 Å². The largest absolute Gasteiger partial charge is 0.357 e. The number of nitrogens with one attached hydrogen (secondary N) is 2. The third-order valence-electron chi connectivity index (χ3n) is 3.84. The van der Waals surface area contributed by atoms with Crippen molar-refractivity contribution in [2.75, 3.05) is 6.54 Å². The molecule has 2 N–H and O–H groups in total. The Hall–Kier alpha value is -1.54. The first kappa shape index (κ1) is 19.8. The molecule has 0 saturated carbocycles. The van der Waals surface area contributed by atoms with E-state index in [0.29, 0.717) is 12.6 Å². The number of aromatic nitrogens is 2. The van der Waals surface area contributed by atoms with Gasteiger partial charge in [0.25, 0.3) is 0 Å². The summed E-state index contributed by atoms with van der Waals surface area (Å²) < 4.78 is 1.84. The topological polar surface area (TPSA) is 54.2 Å². The number of benzene rings is 1. The predicted octanol–water partition coefficient (Wildman–Crippen LogP) is 3.92. The lowest BCUT2D eigenvalue weighted by Crippen LogP contribution is -2.42.